The third-order valence-electron chi connectivity index (χ3n) is 3.75. The fraction of sp³-hybridized carbons (Fsp3) is 0.500. The molecule has 0 spiro atoms. The van der Waals surface area contributed by atoms with Crippen LogP contribution < -0.4 is 0 Å². The maximum absolute atomic E-state index is 11.9. The lowest BCUT2D eigenvalue weighted by Gasteiger charge is -2.11. The van der Waals surface area contributed by atoms with E-state index in [1.54, 1.807) is 41.7 Å². The number of hydrogen-bond acceptors (Lipinski definition) is 6. The Bertz CT molecular complexity index is 837. The summed E-state index contributed by atoms with van der Waals surface area (Å²) in [7, 11) is -1.27. The summed E-state index contributed by atoms with van der Waals surface area (Å²) in [6.07, 6.45) is 2.26. The van der Waals surface area contributed by atoms with Crippen LogP contribution in [-0.2, 0) is 21.6 Å². The number of sulfone groups is 1. The Labute approximate surface area is 134 Å². The van der Waals surface area contributed by atoms with Gasteiger partial charge in [-0.25, -0.2) is 13.2 Å². The van der Waals surface area contributed by atoms with E-state index in [1.165, 1.54) is 0 Å². The van der Waals surface area contributed by atoms with Gasteiger partial charge in [0.25, 0.3) is 0 Å². The van der Waals surface area contributed by atoms with Gasteiger partial charge in [0.15, 0.2) is 15.5 Å². The second-order valence-electron chi connectivity index (χ2n) is 5.51. The highest BCUT2D eigenvalue weighted by Crippen LogP contribution is 2.29. The van der Waals surface area contributed by atoms with Gasteiger partial charge in [-0.2, -0.15) is 10.2 Å². The summed E-state index contributed by atoms with van der Waals surface area (Å²) in [5.41, 5.74) is 1.42. The highest BCUT2D eigenvalue weighted by molar-refractivity contribution is 7.91. The Morgan fingerprint density at radius 1 is 1.43 bits per heavy atom. The van der Waals surface area contributed by atoms with E-state index in [-0.39, 0.29) is 29.8 Å². The molecular formula is C14H18N4O4S. The third kappa shape index (κ3) is 3.14. The molecule has 2 aromatic rings. The van der Waals surface area contributed by atoms with Crippen LogP contribution in [0.4, 0.5) is 0 Å². The Morgan fingerprint density at radius 2 is 2.22 bits per heavy atom. The van der Waals surface area contributed by atoms with Crippen LogP contribution in [-0.4, -0.2) is 52.1 Å². The van der Waals surface area contributed by atoms with Gasteiger partial charge >= 0.3 is 5.97 Å². The molecule has 3 heterocycles. The molecule has 1 atom stereocenters. The average molecular weight is 338 g/mol. The van der Waals surface area contributed by atoms with Gasteiger partial charge in [0.05, 0.1) is 29.8 Å². The van der Waals surface area contributed by atoms with Gasteiger partial charge in [-0.1, -0.05) is 0 Å². The molecule has 0 aromatic carbocycles. The zero-order chi connectivity index (χ0) is 16.6. The first kappa shape index (κ1) is 15.7. The summed E-state index contributed by atoms with van der Waals surface area (Å²) in [5.74, 6) is -0.366. The number of aromatic nitrogens is 4. The molecule has 23 heavy (non-hydrogen) atoms. The van der Waals surface area contributed by atoms with Crippen LogP contribution in [0.5, 0.6) is 0 Å². The van der Waals surface area contributed by atoms with E-state index in [4.69, 9.17) is 4.74 Å². The van der Waals surface area contributed by atoms with Gasteiger partial charge in [-0.3, -0.25) is 9.36 Å². The predicted octanol–water partition coefficient (Wildman–Crippen LogP) is 0.820. The molecule has 0 N–H and O–H groups in total. The minimum absolute atomic E-state index is 0.0246. The maximum atomic E-state index is 11.9. The summed E-state index contributed by atoms with van der Waals surface area (Å²) >= 11 is 0. The van der Waals surface area contributed by atoms with Crippen LogP contribution in [0.1, 0.15) is 29.9 Å². The molecule has 0 amide bonds. The minimum Gasteiger partial charge on any atom is -0.461 e. The van der Waals surface area contributed by atoms with Gasteiger partial charge in [-0.05, 0) is 19.4 Å². The zero-order valence-electron chi connectivity index (χ0n) is 13.0. The average Bonchev–Trinajstić information content (AvgIpc) is 3.16. The molecule has 1 aliphatic heterocycles. The van der Waals surface area contributed by atoms with E-state index in [9.17, 15) is 13.2 Å². The normalized spacial score (nSPS) is 19.8. The van der Waals surface area contributed by atoms with E-state index in [0.717, 1.165) is 0 Å². The first-order valence-electron chi connectivity index (χ1n) is 7.37. The molecule has 0 radical (unpaired) electrons. The molecule has 2 aromatic heterocycles. The molecule has 1 fully saturated rings. The Hall–Kier alpha value is -2.16. The molecule has 9 heteroatoms. The zero-order valence-corrected chi connectivity index (χ0v) is 13.8. The van der Waals surface area contributed by atoms with Crippen molar-refractivity contribution >= 4 is 15.8 Å². The van der Waals surface area contributed by atoms with Crippen LogP contribution in [0.15, 0.2) is 18.3 Å². The van der Waals surface area contributed by atoms with E-state index >= 15 is 0 Å². The number of hydrogen-bond donors (Lipinski definition) is 0. The first-order valence-corrected chi connectivity index (χ1v) is 9.19. The smallest absolute Gasteiger partial charge is 0.358 e. The molecule has 0 saturated carbocycles. The predicted molar refractivity (Wildman–Crippen MR) is 82.7 cm³/mol. The quantitative estimate of drug-likeness (QED) is 0.766. The fourth-order valence-electron chi connectivity index (χ4n) is 2.69. The molecule has 3 rings (SSSR count). The number of nitrogens with zero attached hydrogens (tertiary/aromatic N) is 4. The van der Waals surface area contributed by atoms with Crippen LogP contribution in [0.2, 0.25) is 0 Å². The van der Waals surface area contributed by atoms with Crippen molar-refractivity contribution in [2.45, 2.75) is 19.4 Å². The number of esters is 1. The van der Waals surface area contributed by atoms with Crippen molar-refractivity contribution in [3.63, 3.8) is 0 Å². The first-order chi connectivity index (χ1) is 10.9. The monoisotopic (exact) mass is 338 g/mol. The highest BCUT2D eigenvalue weighted by atomic mass is 32.2. The molecule has 0 aliphatic carbocycles. The summed E-state index contributed by atoms with van der Waals surface area (Å²) in [6, 6.07) is 3.11. The highest BCUT2D eigenvalue weighted by Gasteiger charge is 2.32. The lowest BCUT2D eigenvalue weighted by Crippen LogP contribution is -2.15. The van der Waals surface area contributed by atoms with Gasteiger partial charge in [0.2, 0.25) is 0 Å². The van der Waals surface area contributed by atoms with Crippen molar-refractivity contribution < 1.29 is 17.9 Å². The van der Waals surface area contributed by atoms with Crippen molar-refractivity contribution in [3.05, 3.63) is 24.0 Å². The summed E-state index contributed by atoms with van der Waals surface area (Å²) < 4.78 is 31.7. The van der Waals surface area contributed by atoms with Gasteiger partial charge in [-0.15, -0.1) is 0 Å². The summed E-state index contributed by atoms with van der Waals surface area (Å²) in [5, 5.41) is 8.61. The standard InChI is InChI=1S/C14H18N4O4S/c1-3-22-14(19)12-8-13(11-4-6-17(2)15-11)18(16-12)10-5-7-23(20,21)9-10/h4,6,8,10H,3,5,7,9H2,1-2H3. The molecule has 1 saturated heterocycles. The minimum atomic E-state index is -3.06. The van der Waals surface area contributed by atoms with Crippen LogP contribution in [0.25, 0.3) is 11.4 Å². The third-order valence-corrected chi connectivity index (χ3v) is 5.50. The van der Waals surface area contributed by atoms with Crippen LogP contribution >= 0.6 is 0 Å². The Kier molecular flexibility index (Phi) is 3.97. The lowest BCUT2D eigenvalue weighted by molar-refractivity contribution is 0.0518. The SMILES string of the molecule is CCOC(=O)c1cc(-c2ccn(C)n2)n(C2CCS(=O)(=O)C2)n1. The van der Waals surface area contributed by atoms with E-state index in [2.05, 4.69) is 10.2 Å². The number of aryl methyl sites for hydroxylation is 1. The second kappa shape index (κ2) is 5.80. The van der Waals surface area contributed by atoms with E-state index < -0.39 is 15.8 Å². The van der Waals surface area contributed by atoms with Crippen molar-refractivity contribution in [2.24, 2.45) is 7.05 Å². The van der Waals surface area contributed by atoms with Crippen molar-refractivity contribution in [1.29, 1.82) is 0 Å². The molecular weight excluding hydrogens is 320 g/mol. The van der Waals surface area contributed by atoms with Crippen molar-refractivity contribution in [3.8, 4) is 11.4 Å². The van der Waals surface area contributed by atoms with Gasteiger partial charge < -0.3 is 4.74 Å². The topological polar surface area (TPSA) is 96.1 Å². The Balaban J connectivity index is 2.04. The fourth-order valence-corrected chi connectivity index (χ4v) is 4.38. The van der Waals surface area contributed by atoms with Crippen molar-refractivity contribution in [1.82, 2.24) is 19.6 Å². The van der Waals surface area contributed by atoms with Crippen LogP contribution in [0.3, 0.4) is 0 Å². The largest absolute Gasteiger partial charge is 0.461 e. The molecule has 1 unspecified atom stereocenters. The number of ether oxygens (including phenoxy) is 1. The number of rotatable bonds is 4. The number of carbonyl (C=O) groups excluding carboxylic acids is 1. The van der Waals surface area contributed by atoms with E-state index in [0.29, 0.717) is 17.8 Å². The molecule has 8 nitrogen and oxygen atoms in total. The second-order valence-corrected chi connectivity index (χ2v) is 7.74. The Morgan fingerprint density at radius 3 is 2.78 bits per heavy atom. The maximum Gasteiger partial charge on any atom is 0.358 e. The van der Waals surface area contributed by atoms with Gasteiger partial charge in [0, 0.05) is 19.3 Å². The molecule has 0 bridgehead atoms. The summed E-state index contributed by atoms with van der Waals surface area (Å²) in [6.45, 7) is 1.97. The molecule has 1 aliphatic rings. The molecule has 124 valence electrons. The van der Waals surface area contributed by atoms with Crippen LogP contribution in [0, 0.1) is 0 Å². The lowest BCUT2D eigenvalue weighted by atomic mass is 10.2. The summed E-state index contributed by atoms with van der Waals surface area (Å²) in [4.78, 5) is 11.9. The van der Waals surface area contributed by atoms with E-state index in [1.807, 2.05) is 0 Å². The van der Waals surface area contributed by atoms with Crippen molar-refractivity contribution in [2.75, 3.05) is 18.1 Å². The number of carbonyl (C=O) groups is 1. The van der Waals surface area contributed by atoms with Gasteiger partial charge in [0.1, 0.15) is 5.69 Å².